The predicted molar refractivity (Wildman–Crippen MR) is 67.0 cm³/mol. The summed E-state index contributed by atoms with van der Waals surface area (Å²) in [5, 5.41) is 9.05. The molecule has 0 heterocycles. The molecule has 1 aromatic carbocycles. The highest BCUT2D eigenvalue weighted by molar-refractivity contribution is 5.90. The van der Waals surface area contributed by atoms with Gasteiger partial charge in [0.2, 0.25) is 0 Å². The summed E-state index contributed by atoms with van der Waals surface area (Å²) < 4.78 is 24.6. The third-order valence-electron chi connectivity index (χ3n) is 3.39. The summed E-state index contributed by atoms with van der Waals surface area (Å²) in [6.45, 7) is 0. The van der Waals surface area contributed by atoms with E-state index in [4.69, 9.17) is 14.6 Å². The number of hydrogen-bond donors (Lipinski definition) is 1. The lowest BCUT2D eigenvalue weighted by Gasteiger charge is -2.29. The summed E-state index contributed by atoms with van der Waals surface area (Å²) in [7, 11) is 1.64. The fourth-order valence-electron chi connectivity index (χ4n) is 2.39. The molecule has 1 saturated carbocycles. The van der Waals surface area contributed by atoms with Crippen molar-refractivity contribution in [3.8, 4) is 5.75 Å². The molecule has 0 spiro atoms. The monoisotopic (exact) mass is 268 g/mol. The Morgan fingerprint density at radius 3 is 2.79 bits per heavy atom. The van der Waals surface area contributed by atoms with Gasteiger partial charge in [0.15, 0.2) is 11.6 Å². The molecule has 4 nitrogen and oxygen atoms in total. The third-order valence-corrected chi connectivity index (χ3v) is 3.39. The first-order valence-electron chi connectivity index (χ1n) is 6.33. The molecular formula is C14H17FO4. The lowest BCUT2D eigenvalue weighted by molar-refractivity contribution is 0.0192. The normalized spacial score (nSPS) is 23.1. The first-order chi connectivity index (χ1) is 9.11. The van der Waals surface area contributed by atoms with Crippen molar-refractivity contribution in [2.75, 3.05) is 7.11 Å². The number of methoxy groups -OCH3 is 1. The van der Waals surface area contributed by atoms with Crippen LogP contribution < -0.4 is 4.74 Å². The van der Waals surface area contributed by atoms with Crippen LogP contribution in [-0.2, 0) is 4.74 Å². The van der Waals surface area contributed by atoms with E-state index in [0.29, 0.717) is 6.42 Å². The van der Waals surface area contributed by atoms with Gasteiger partial charge in [-0.3, -0.25) is 0 Å². The Kier molecular flexibility index (Phi) is 4.37. The summed E-state index contributed by atoms with van der Waals surface area (Å²) in [6, 6.07) is 3.92. The van der Waals surface area contributed by atoms with Crippen molar-refractivity contribution >= 4 is 5.97 Å². The number of carbonyl (C=O) groups is 1. The minimum absolute atomic E-state index is 0.0961. The smallest absolute Gasteiger partial charge is 0.339 e. The fourth-order valence-corrected chi connectivity index (χ4v) is 2.39. The number of aromatic carboxylic acids is 1. The van der Waals surface area contributed by atoms with Gasteiger partial charge in [0.25, 0.3) is 0 Å². The minimum atomic E-state index is -1.19. The Morgan fingerprint density at radius 2 is 2.11 bits per heavy atom. The lowest BCUT2D eigenvalue weighted by atomic mass is 9.95. The summed E-state index contributed by atoms with van der Waals surface area (Å²) in [6.07, 6.45) is 3.23. The van der Waals surface area contributed by atoms with Gasteiger partial charge in [-0.2, -0.15) is 0 Å². The van der Waals surface area contributed by atoms with Crippen LogP contribution in [0.15, 0.2) is 18.2 Å². The van der Waals surface area contributed by atoms with Crippen LogP contribution in [0.3, 0.4) is 0 Å². The van der Waals surface area contributed by atoms with E-state index in [1.54, 1.807) is 7.11 Å². The number of benzene rings is 1. The number of carboxylic acids is 1. The molecule has 2 atom stereocenters. The number of hydrogen-bond acceptors (Lipinski definition) is 3. The first kappa shape index (κ1) is 13.8. The van der Waals surface area contributed by atoms with Gasteiger partial charge in [-0.1, -0.05) is 6.07 Å². The number of carboxylic acid groups (broad SMARTS) is 1. The molecule has 0 bridgehead atoms. The molecule has 104 valence electrons. The van der Waals surface area contributed by atoms with Crippen molar-refractivity contribution in [2.24, 2.45) is 0 Å². The maximum atomic E-state index is 13.7. The van der Waals surface area contributed by atoms with E-state index in [1.807, 2.05) is 0 Å². The van der Waals surface area contributed by atoms with Gasteiger partial charge in [-0.15, -0.1) is 0 Å². The van der Waals surface area contributed by atoms with E-state index < -0.39 is 11.8 Å². The van der Waals surface area contributed by atoms with Crippen LogP contribution in [0.25, 0.3) is 0 Å². The Morgan fingerprint density at radius 1 is 1.37 bits per heavy atom. The quantitative estimate of drug-likeness (QED) is 0.912. The molecule has 1 aromatic rings. The van der Waals surface area contributed by atoms with Crippen molar-refractivity contribution in [1.29, 1.82) is 0 Å². The molecule has 1 fully saturated rings. The van der Waals surface area contributed by atoms with Crippen LogP contribution >= 0.6 is 0 Å². The highest BCUT2D eigenvalue weighted by atomic mass is 19.1. The molecule has 2 unspecified atom stereocenters. The Hall–Kier alpha value is -1.62. The predicted octanol–water partition coefficient (Wildman–Crippen LogP) is 2.86. The molecule has 0 radical (unpaired) electrons. The zero-order valence-corrected chi connectivity index (χ0v) is 10.8. The van der Waals surface area contributed by atoms with E-state index in [1.165, 1.54) is 18.2 Å². The van der Waals surface area contributed by atoms with Crippen molar-refractivity contribution < 1.29 is 23.8 Å². The number of para-hydroxylation sites is 1. The summed E-state index contributed by atoms with van der Waals surface area (Å²) in [5.74, 6) is -2.00. The molecular weight excluding hydrogens is 251 g/mol. The summed E-state index contributed by atoms with van der Waals surface area (Å²) in [5.41, 5.74) is -0.139. The van der Waals surface area contributed by atoms with E-state index in [-0.39, 0.29) is 23.5 Å². The van der Waals surface area contributed by atoms with Crippen LogP contribution in [-0.4, -0.2) is 30.4 Å². The number of rotatable bonds is 4. The summed E-state index contributed by atoms with van der Waals surface area (Å²) >= 11 is 0. The van der Waals surface area contributed by atoms with E-state index in [0.717, 1.165) is 19.3 Å². The molecule has 1 N–H and O–H groups in total. The maximum absolute atomic E-state index is 13.7. The van der Waals surface area contributed by atoms with E-state index >= 15 is 0 Å². The van der Waals surface area contributed by atoms with Gasteiger partial charge < -0.3 is 14.6 Å². The summed E-state index contributed by atoms with van der Waals surface area (Å²) in [4.78, 5) is 11.1. The van der Waals surface area contributed by atoms with E-state index in [2.05, 4.69) is 0 Å². The zero-order chi connectivity index (χ0) is 13.8. The zero-order valence-electron chi connectivity index (χ0n) is 10.8. The van der Waals surface area contributed by atoms with Gasteiger partial charge >= 0.3 is 5.97 Å². The Labute approximate surface area is 111 Å². The second-order valence-electron chi connectivity index (χ2n) is 4.69. The molecule has 0 aromatic heterocycles. The number of halogens is 1. The largest absolute Gasteiger partial charge is 0.486 e. The standard InChI is InChI=1S/C14H17FO4/c1-18-9-4-2-5-10(8-9)19-13-11(14(16)17)6-3-7-12(13)15/h3,6-7,9-10H,2,4-5,8H2,1H3,(H,16,17). The SMILES string of the molecule is COC1CCCC(Oc2c(F)cccc2C(=O)O)C1. The molecule has 0 amide bonds. The van der Waals surface area contributed by atoms with Gasteiger partial charge in [0.05, 0.1) is 6.10 Å². The molecule has 5 heteroatoms. The highest BCUT2D eigenvalue weighted by Gasteiger charge is 2.26. The van der Waals surface area contributed by atoms with Gasteiger partial charge in [0, 0.05) is 13.5 Å². The second kappa shape index (κ2) is 6.02. The maximum Gasteiger partial charge on any atom is 0.339 e. The average Bonchev–Trinajstić information content (AvgIpc) is 2.41. The van der Waals surface area contributed by atoms with Crippen LogP contribution in [0.1, 0.15) is 36.0 Å². The molecule has 1 aliphatic rings. The second-order valence-corrected chi connectivity index (χ2v) is 4.69. The first-order valence-corrected chi connectivity index (χ1v) is 6.33. The molecule has 0 aliphatic heterocycles. The molecule has 1 aliphatic carbocycles. The molecule has 2 rings (SSSR count). The van der Waals surface area contributed by atoms with Crippen LogP contribution in [0, 0.1) is 5.82 Å². The fraction of sp³-hybridized carbons (Fsp3) is 0.500. The highest BCUT2D eigenvalue weighted by Crippen LogP contribution is 2.29. The van der Waals surface area contributed by atoms with Crippen molar-refractivity contribution in [1.82, 2.24) is 0 Å². The van der Waals surface area contributed by atoms with Gasteiger partial charge in [0.1, 0.15) is 11.7 Å². The third kappa shape index (κ3) is 3.23. The van der Waals surface area contributed by atoms with Gasteiger partial charge in [-0.05, 0) is 31.4 Å². The Balaban J connectivity index is 2.16. The van der Waals surface area contributed by atoms with Gasteiger partial charge in [-0.25, -0.2) is 9.18 Å². The van der Waals surface area contributed by atoms with Crippen LogP contribution in [0.4, 0.5) is 4.39 Å². The van der Waals surface area contributed by atoms with Crippen molar-refractivity contribution in [3.05, 3.63) is 29.6 Å². The number of ether oxygens (including phenoxy) is 2. The van der Waals surface area contributed by atoms with Crippen LogP contribution in [0.5, 0.6) is 5.75 Å². The topological polar surface area (TPSA) is 55.8 Å². The minimum Gasteiger partial charge on any atom is -0.486 e. The average molecular weight is 268 g/mol. The van der Waals surface area contributed by atoms with Crippen LogP contribution in [0.2, 0.25) is 0 Å². The van der Waals surface area contributed by atoms with Crippen molar-refractivity contribution in [3.63, 3.8) is 0 Å². The van der Waals surface area contributed by atoms with E-state index in [9.17, 15) is 9.18 Å². The Bertz CT molecular complexity index is 461. The lowest BCUT2D eigenvalue weighted by Crippen LogP contribution is -2.30. The molecule has 19 heavy (non-hydrogen) atoms. The van der Waals surface area contributed by atoms with Crippen molar-refractivity contribution in [2.45, 2.75) is 37.9 Å². The molecule has 0 saturated heterocycles.